The van der Waals surface area contributed by atoms with E-state index in [1.807, 2.05) is 30.3 Å². The molecular formula is C22H27BrN2O5S. The quantitative estimate of drug-likeness (QED) is 0.408. The first-order valence-electron chi connectivity index (χ1n) is 10.7. The molecule has 3 heterocycles. The van der Waals surface area contributed by atoms with Crippen LogP contribution in [0.2, 0.25) is 0 Å². The lowest BCUT2D eigenvalue weighted by atomic mass is 9.71. The number of carbonyl (C=O) groups is 3. The van der Waals surface area contributed by atoms with Crippen LogP contribution < -0.4 is 5.32 Å². The van der Waals surface area contributed by atoms with Crippen LogP contribution in [0.1, 0.15) is 25.3 Å². The molecule has 9 heteroatoms. The standard InChI is InChI=1S/C22H27BrN2O5S/c1-2-30-21(29)15-16-20(28)25(9-6-10-26)18(22(16)11-14(23)17(15)31-22)19(27)24-12-13-7-4-3-5-8-13/h3-5,7-8,14-18,26H,2,6,9-12H2,1H3,(H,24,27)/t14?,15-,16+,17-,18?,22?/m1/s1. The van der Waals surface area contributed by atoms with Gasteiger partial charge in [-0.3, -0.25) is 14.4 Å². The van der Waals surface area contributed by atoms with E-state index in [1.165, 1.54) is 0 Å². The van der Waals surface area contributed by atoms with Gasteiger partial charge in [0.2, 0.25) is 11.8 Å². The summed E-state index contributed by atoms with van der Waals surface area (Å²) >= 11 is 5.29. The van der Waals surface area contributed by atoms with Gasteiger partial charge < -0.3 is 20.1 Å². The number of alkyl halides is 1. The van der Waals surface area contributed by atoms with Crippen molar-refractivity contribution in [2.75, 3.05) is 19.8 Å². The number of aliphatic hydroxyl groups excluding tert-OH is 1. The van der Waals surface area contributed by atoms with Gasteiger partial charge in [0, 0.05) is 29.8 Å². The van der Waals surface area contributed by atoms with Crippen molar-refractivity contribution in [3.63, 3.8) is 0 Å². The van der Waals surface area contributed by atoms with Gasteiger partial charge in [-0.1, -0.05) is 46.3 Å². The minimum Gasteiger partial charge on any atom is -0.466 e. The average Bonchev–Trinajstić information content (AvgIpc) is 3.35. The zero-order chi connectivity index (χ0) is 22.2. The summed E-state index contributed by atoms with van der Waals surface area (Å²) in [6, 6.07) is 8.93. The third-order valence-electron chi connectivity index (χ3n) is 6.46. The van der Waals surface area contributed by atoms with Crippen molar-refractivity contribution >= 4 is 45.5 Å². The van der Waals surface area contributed by atoms with Crippen molar-refractivity contribution in [1.82, 2.24) is 10.2 Å². The molecule has 3 unspecified atom stereocenters. The van der Waals surface area contributed by atoms with E-state index in [1.54, 1.807) is 23.6 Å². The number of likely N-dealkylation sites (tertiary alicyclic amines) is 1. The Morgan fingerprint density at radius 1 is 1.35 bits per heavy atom. The summed E-state index contributed by atoms with van der Waals surface area (Å²) in [5.74, 6) is -1.91. The van der Waals surface area contributed by atoms with Gasteiger partial charge in [-0.15, -0.1) is 11.8 Å². The second-order valence-corrected chi connectivity index (χ2v) is 10.9. The molecule has 4 rings (SSSR count). The summed E-state index contributed by atoms with van der Waals surface area (Å²) in [6.07, 6.45) is 1.01. The van der Waals surface area contributed by atoms with Crippen molar-refractivity contribution in [2.45, 2.75) is 47.2 Å². The number of benzene rings is 1. The number of hydrogen-bond donors (Lipinski definition) is 2. The van der Waals surface area contributed by atoms with Crippen molar-refractivity contribution in [3.05, 3.63) is 35.9 Å². The summed E-state index contributed by atoms with van der Waals surface area (Å²) < 4.78 is 4.64. The molecule has 1 spiro atoms. The van der Waals surface area contributed by atoms with Crippen molar-refractivity contribution in [3.8, 4) is 0 Å². The lowest BCUT2D eigenvalue weighted by Crippen LogP contribution is -2.54. The SMILES string of the molecule is CCOC(=O)[C@H]1[C@@H]2SC3(CC2Br)C(C(=O)NCc2ccccc2)N(CCCO)C(=O)[C@H]13. The molecule has 2 N–H and O–H groups in total. The van der Waals surface area contributed by atoms with E-state index < -0.39 is 22.6 Å². The van der Waals surface area contributed by atoms with E-state index in [2.05, 4.69) is 21.2 Å². The molecule has 6 atom stereocenters. The number of fused-ring (bicyclic) bond motifs is 1. The molecule has 2 bridgehead atoms. The number of rotatable bonds is 8. The summed E-state index contributed by atoms with van der Waals surface area (Å²) in [6.45, 7) is 2.58. The van der Waals surface area contributed by atoms with E-state index in [-0.39, 0.29) is 47.6 Å². The Kier molecular flexibility index (Phi) is 6.65. The maximum Gasteiger partial charge on any atom is 0.310 e. The van der Waals surface area contributed by atoms with Gasteiger partial charge in [-0.05, 0) is 25.3 Å². The molecule has 2 amide bonds. The fraction of sp³-hybridized carbons (Fsp3) is 0.591. The molecule has 3 saturated heterocycles. The molecule has 3 aliphatic rings. The minimum absolute atomic E-state index is 0.0261. The van der Waals surface area contributed by atoms with Gasteiger partial charge >= 0.3 is 5.97 Å². The molecule has 0 saturated carbocycles. The molecule has 1 aromatic carbocycles. The zero-order valence-corrected chi connectivity index (χ0v) is 19.7. The molecule has 31 heavy (non-hydrogen) atoms. The Morgan fingerprint density at radius 2 is 2.10 bits per heavy atom. The Morgan fingerprint density at radius 3 is 2.77 bits per heavy atom. The fourth-order valence-corrected chi connectivity index (χ4v) is 8.90. The zero-order valence-electron chi connectivity index (χ0n) is 17.3. The van der Waals surface area contributed by atoms with Crippen LogP contribution in [0, 0.1) is 11.8 Å². The van der Waals surface area contributed by atoms with Crippen LogP contribution in [0.25, 0.3) is 0 Å². The van der Waals surface area contributed by atoms with Gasteiger partial charge in [0.15, 0.2) is 0 Å². The number of nitrogens with one attached hydrogen (secondary N) is 1. The van der Waals surface area contributed by atoms with E-state index in [0.29, 0.717) is 19.4 Å². The van der Waals surface area contributed by atoms with E-state index in [9.17, 15) is 19.5 Å². The molecule has 1 aromatic rings. The van der Waals surface area contributed by atoms with Gasteiger partial charge in [-0.2, -0.15) is 0 Å². The van der Waals surface area contributed by atoms with Crippen molar-refractivity contribution in [2.24, 2.45) is 11.8 Å². The predicted molar refractivity (Wildman–Crippen MR) is 121 cm³/mol. The summed E-state index contributed by atoms with van der Waals surface area (Å²) in [4.78, 5) is 41.4. The number of amides is 2. The van der Waals surface area contributed by atoms with Gasteiger partial charge in [0.05, 0.1) is 23.2 Å². The van der Waals surface area contributed by atoms with E-state index >= 15 is 0 Å². The largest absolute Gasteiger partial charge is 0.466 e. The second kappa shape index (κ2) is 9.11. The van der Waals surface area contributed by atoms with E-state index in [0.717, 1.165) is 5.56 Å². The van der Waals surface area contributed by atoms with Gasteiger partial charge in [0.1, 0.15) is 6.04 Å². The first-order chi connectivity index (χ1) is 14.9. The number of esters is 1. The number of thioether (sulfide) groups is 1. The molecule has 7 nitrogen and oxygen atoms in total. The minimum atomic E-state index is -0.685. The monoisotopic (exact) mass is 510 g/mol. The molecular weight excluding hydrogens is 484 g/mol. The summed E-state index contributed by atoms with van der Waals surface area (Å²) in [5, 5.41) is 12.3. The van der Waals surface area contributed by atoms with Crippen LogP contribution in [-0.4, -0.2) is 68.4 Å². The normalized spacial score (nSPS) is 33.5. The number of carbonyl (C=O) groups excluding carboxylic acids is 3. The highest BCUT2D eigenvalue weighted by Gasteiger charge is 2.75. The Labute approximate surface area is 194 Å². The number of ether oxygens (including phenoxy) is 1. The summed E-state index contributed by atoms with van der Waals surface area (Å²) in [5.41, 5.74) is 0.974. The van der Waals surface area contributed by atoms with Crippen LogP contribution in [0.3, 0.4) is 0 Å². The molecule has 0 aliphatic carbocycles. The highest BCUT2D eigenvalue weighted by molar-refractivity contribution is 9.09. The van der Waals surface area contributed by atoms with Crippen LogP contribution in [0.15, 0.2) is 30.3 Å². The molecule has 168 valence electrons. The first-order valence-corrected chi connectivity index (χ1v) is 12.5. The lowest BCUT2D eigenvalue weighted by molar-refractivity contribution is -0.153. The molecule has 3 aliphatic heterocycles. The van der Waals surface area contributed by atoms with Crippen LogP contribution in [-0.2, 0) is 25.7 Å². The fourth-order valence-electron chi connectivity index (χ4n) is 5.30. The third-order valence-corrected chi connectivity index (χ3v) is 9.68. The van der Waals surface area contributed by atoms with Crippen LogP contribution >= 0.6 is 27.7 Å². The highest BCUT2D eigenvalue weighted by atomic mass is 79.9. The van der Waals surface area contributed by atoms with Crippen LogP contribution in [0.4, 0.5) is 0 Å². The number of nitrogens with zero attached hydrogens (tertiary/aromatic N) is 1. The van der Waals surface area contributed by atoms with Crippen molar-refractivity contribution < 1.29 is 24.2 Å². The van der Waals surface area contributed by atoms with Gasteiger partial charge in [-0.25, -0.2) is 0 Å². The molecule has 0 radical (unpaired) electrons. The topological polar surface area (TPSA) is 95.9 Å². The Bertz CT molecular complexity index is 856. The molecule has 0 aromatic heterocycles. The third kappa shape index (κ3) is 3.78. The summed E-state index contributed by atoms with van der Waals surface area (Å²) in [7, 11) is 0. The number of halogens is 1. The maximum atomic E-state index is 13.5. The van der Waals surface area contributed by atoms with Crippen molar-refractivity contribution in [1.29, 1.82) is 0 Å². The smallest absolute Gasteiger partial charge is 0.310 e. The molecule has 3 fully saturated rings. The highest BCUT2D eigenvalue weighted by Crippen LogP contribution is 2.67. The lowest BCUT2D eigenvalue weighted by Gasteiger charge is -2.35. The Hall–Kier alpha value is -1.58. The van der Waals surface area contributed by atoms with Gasteiger partial charge in [0.25, 0.3) is 0 Å². The first kappa shape index (κ1) is 22.6. The second-order valence-electron chi connectivity index (χ2n) is 8.23. The number of hydrogen-bond acceptors (Lipinski definition) is 6. The predicted octanol–water partition coefficient (Wildman–Crippen LogP) is 1.71. The van der Waals surface area contributed by atoms with Crippen LogP contribution in [0.5, 0.6) is 0 Å². The number of aliphatic hydroxyl groups is 1. The average molecular weight is 511 g/mol. The van der Waals surface area contributed by atoms with E-state index in [4.69, 9.17) is 4.74 Å². The maximum absolute atomic E-state index is 13.5. The Balaban J connectivity index is 1.64.